The zero-order valence-corrected chi connectivity index (χ0v) is 14.2. The molecular formula is CaKNaSr. The standard InChI is InChI=1S/Ca.K.Na.Sr. The fraction of sp³-hybridized carbons (Fsp3) is 0. The van der Waals surface area contributed by atoms with Gasteiger partial charge in [-0.05, 0) is 0 Å². The molecule has 0 unspecified atom stereocenters. The van der Waals surface area contributed by atoms with Gasteiger partial charge in [-0.25, -0.2) is 0 Å². The summed E-state index contributed by atoms with van der Waals surface area (Å²) in [4.78, 5) is 0. The Morgan fingerprint density at radius 3 is 1.00 bits per heavy atom. The van der Waals surface area contributed by atoms with Gasteiger partial charge >= 0.3 is 0 Å². The third-order valence-corrected chi connectivity index (χ3v) is 0. The molecule has 0 bridgehead atoms. The molecule has 4 heteroatoms. The molecule has 0 atom stereocenters. The predicted molar refractivity (Wildman–Crippen MR) is 23.0 cm³/mol. The first kappa shape index (κ1) is 22.8. The second-order valence-electron chi connectivity index (χ2n) is 0. The monoisotopic (exact) mass is 190 g/mol. The predicted octanol–water partition coefficient (Wildman–Crippen LogP) is -1.52. The number of rotatable bonds is 0. The summed E-state index contributed by atoms with van der Waals surface area (Å²) in [5, 5.41) is 0. The Kier molecular flexibility index (Phi) is 89.7. The third kappa shape index (κ3) is 10.4. The van der Waals surface area contributed by atoms with Crippen molar-refractivity contribution in [3.8, 4) is 0 Å². The van der Waals surface area contributed by atoms with Crippen molar-refractivity contribution in [1.82, 2.24) is 0 Å². The van der Waals surface area contributed by atoms with Gasteiger partial charge in [-0.3, -0.25) is 0 Å². The molecule has 0 nitrogen and oxygen atoms in total. The average Bonchev–Trinajstić information content (AvgIpc) is 0. The van der Waals surface area contributed by atoms with Gasteiger partial charge in [0.15, 0.2) is 0 Å². The molecule has 4 heavy (non-hydrogen) atoms. The van der Waals surface area contributed by atoms with Crippen molar-refractivity contribution in [2.24, 2.45) is 0 Å². The van der Waals surface area contributed by atoms with E-state index in [4.69, 9.17) is 0 Å². The topological polar surface area (TPSA) is 0 Å². The van der Waals surface area contributed by atoms with Gasteiger partial charge < -0.3 is 0 Å². The van der Waals surface area contributed by atoms with E-state index in [9.17, 15) is 0 Å². The van der Waals surface area contributed by atoms with E-state index in [1.54, 1.807) is 0 Å². The van der Waals surface area contributed by atoms with Crippen LogP contribution in [0.1, 0.15) is 0 Å². The third-order valence-electron chi connectivity index (χ3n) is 0. The Balaban J connectivity index is 0. The van der Waals surface area contributed by atoms with Crippen molar-refractivity contribution in [1.29, 1.82) is 0 Å². The molecule has 0 spiro atoms. The molecule has 0 aliphatic rings. The van der Waals surface area contributed by atoms with E-state index in [0.717, 1.165) is 0 Å². The molecule has 0 N–H and O–H groups in total. The summed E-state index contributed by atoms with van der Waals surface area (Å²) in [7, 11) is 0. The van der Waals surface area contributed by atoms with Crippen molar-refractivity contribution in [3.63, 3.8) is 0 Å². The van der Waals surface area contributed by atoms with Crippen LogP contribution in [0.15, 0.2) is 0 Å². The largest absolute Gasteiger partial charge is 0 e. The summed E-state index contributed by atoms with van der Waals surface area (Å²) >= 11 is 0. The van der Waals surface area contributed by atoms with Gasteiger partial charge in [0.05, 0.1) is 0 Å². The minimum Gasteiger partial charge on any atom is 0 e. The summed E-state index contributed by atoms with van der Waals surface area (Å²) < 4.78 is 0. The van der Waals surface area contributed by atoms with Crippen LogP contribution < -0.4 is 0 Å². The van der Waals surface area contributed by atoms with Crippen LogP contribution in [0.2, 0.25) is 0 Å². The molecule has 0 aromatic heterocycles. The van der Waals surface area contributed by atoms with Crippen molar-refractivity contribution >= 4 is 164 Å². The zero-order chi connectivity index (χ0) is 0. The van der Waals surface area contributed by atoms with Crippen LogP contribution in [0.3, 0.4) is 0 Å². The molecule has 0 aliphatic heterocycles. The average molecular weight is 190 g/mol. The van der Waals surface area contributed by atoms with Crippen LogP contribution in [0.25, 0.3) is 0 Å². The molecule has 0 saturated heterocycles. The smallest absolute Gasteiger partial charge is 0 e. The molecule has 0 saturated carbocycles. The molecule has 0 heterocycles. The van der Waals surface area contributed by atoms with Gasteiger partial charge in [-0.2, -0.15) is 0 Å². The summed E-state index contributed by atoms with van der Waals surface area (Å²) in [6.45, 7) is 0. The van der Waals surface area contributed by atoms with Crippen LogP contribution in [0.4, 0.5) is 0 Å². The SMILES string of the molecule is [Ca].[K].[Na].[Sr]. The molecular weight excluding hydrogens is 190 g/mol. The van der Waals surface area contributed by atoms with E-state index in [0.29, 0.717) is 0 Å². The molecule has 6 valence electrons. The van der Waals surface area contributed by atoms with E-state index in [1.807, 2.05) is 0 Å². The fourth-order valence-electron chi connectivity index (χ4n) is 0. The van der Waals surface area contributed by atoms with Gasteiger partial charge in [-0.15, -0.1) is 0 Å². The number of hydrogen-bond donors (Lipinski definition) is 0. The van der Waals surface area contributed by atoms with Crippen molar-refractivity contribution in [3.05, 3.63) is 0 Å². The van der Waals surface area contributed by atoms with Crippen LogP contribution >= 0.6 is 0 Å². The minimum atomic E-state index is 0. The Bertz CT molecular complexity index is 8.00. The van der Waals surface area contributed by atoms with Crippen molar-refractivity contribution < 1.29 is 0 Å². The van der Waals surface area contributed by atoms with E-state index in [2.05, 4.69) is 0 Å². The minimum absolute atomic E-state index is 0. The Morgan fingerprint density at radius 1 is 1.00 bits per heavy atom. The quantitative estimate of drug-likeness (QED) is 0.406. The van der Waals surface area contributed by atoms with E-state index in [1.165, 1.54) is 0 Å². The maximum absolute atomic E-state index is 0. The molecule has 6 radical (unpaired) electrons. The Morgan fingerprint density at radius 2 is 1.00 bits per heavy atom. The summed E-state index contributed by atoms with van der Waals surface area (Å²) in [5.74, 6) is 0. The van der Waals surface area contributed by atoms with Gasteiger partial charge in [0.1, 0.15) is 0 Å². The second-order valence-corrected chi connectivity index (χ2v) is 0. The van der Waals surface area contributed by atoms with Gasteiger partial charge in [-0.1, -0.05) is 0 Å². The first-order valence-corrected chi connectivity index (χ1v) is 0. The van der Waals surface area contributed by atoms with Crippen molar-refractivity contribution in [2.75, 3.05) is 0 Å². The first-order valence-electron chi connectivity index (χ1n) is 0. The van der Waals surface area contributed by atoms with E-state index >= 15 is 0 Å². The Labute approximate surface area is 158 Å². The maximum Gasteiger partial charge on any atom is 0 e. The summed E-state index contributed by atoms with van der Waals surface area (Å²) in [5.41, 5.74) is 0. The molecule has 0 amide bonds. The summed E-state index contributed by atoms with van der Waals surface area (Å²) in [6, 6.07) is 0. The first-order chi connectivity index (χ1) is 0. The molecule has 0 aromatic rings. The number of hydrogen-bond acceptors (Lipinski definition) is 0. The zero-order valence-electron chi connectivity index (χ0n) is 3.41. The normalized spacial score (nSPS) is 0. The van der Waals surface area contributed by atoms with Crippen LogP contribution in [0.5, 0.6) is 0 Å². The molecule has 0 fully saturated rings. The molecule has 0 aromatic carbocycles. The van der Waals surface area contributed by atoms with Crippen LogP contribution in [0, 0.1) is 0 Å². The van der Waals surface area contributed by atoms with Gasteiger partial charge in [0.2, 0.25) is 0 Å². The molecule has 0 rings (SSSR count). The molecule has 0 aliphatic carbocycles. The summed E-state index contributed by atoms with van der Waals surface area (Å²) in [6.07, 6.45) is 0. The maximum atomic E-state index is 0. The van der Waals surface area contributed by atoms with Gasteiger partial charge in [0, 0.05) is 164 Å². The van der Waals surface area contributed by atoms with Gasteiger partial charge in [0.25, 0.3) is 0 Å². The fourth-order valence-corrected chi connectivity index (χ4v) is 0. The second kappa shape index (κ2) is 15.8. The van der Waals surface area contributed by atoms with Crippen LogP contribution in [-0.4, -0.2) is 164 Å². The Hall–Kier alpha value is 5.38. The van der Waals surface area contributed by atoms with Crippen molar-refractivity contribution in [2.45, 2.75) is 0 Å². The van der Waals surface area contributed by atoms with Crippen LogP contribution in [-0.2, 0) is 0 Å². The van der Waals surface area contributed by atoms with E-state index in [-0.39, 0.29) is 164 Å². The van der Waals surface area contributed by atoms with E-state index < -0.39 is 0 Å².